The van der Waals surface area contributed by atoms with E-state index in [9.17, 15) is 4.79 Å². The summed E-state index contributed by atoms with van der Waals surface area (Å²) in [6.45, 7) is 6.50. The fourth-order valence-electron chi connectivity index (χ4n) is 2.34. The molecule has 132 valence electrons. The van der Waals surface area contributed by atoms with Crippen LogP contribution in [0.5, 0.6) is 0 Å². The van der Waals surface area contributed by atoms with Crippen molar-refractivity contribution in [1.29, 1.82) is 0 Å². The van der Waals surface area contributed by atoms with Crippen molar-refractivity contribution in [2.45, 2.75) is 78.4 Å². The molecule has 0 atom stereocenters. The van der Waals surface area contributed by atoms with Gasteiger partial charge in [0.25, 0.3) is 0 Å². The van der Waals surface area contributed by atoms with Crippen LogP contribution in [0.15, 0.2) is 21.3 Å². The second-order valence-corrected chi connectivity index (χ2v) is 5.95. The van der Waals surface area contributed by atoms with Crippen LogP contribution < -0.4 is 5.43 Å². The molecule has 0 aliphatic rings. The first kappa shape index (κ1) is 19.9. The van der Waals surface area contributed by atoms with Crippen molar-refractivity contribution >= 4 is 0 Å². The third-order valence-corrected chi connectivity index (χ3v) is 3.64. The SMILES string of the molecule is CCCCCCOCc1cc(=O)cc(COCCCCCC)o1. The summed E-state index contributed by atoms with van der Waals surface area (Å²) in [4.78, 5) is 11.7. The van der Waals surface area contributed by atoms with Crippen molar-refractivity contribution < 1.29 is 13.9 Å². The highest BCUT2D eigenvalue weighted by Crippen LogP contribution is 2.07. The van der Waals surface area contributed by atoms with Crippen molar-refractivity contribution in [3.63, 3.8) is 0 Å². The van der Waals surface area contributed by atoms with Crippen LogP contribution in [0, 0.1) is 0 Å². The Morgan fingerprint density at radius 1 is 0.783 bits per heavy atom. The summed E-state index contributed by atoms with van der Waals surface area (Å²) in [6.07, 6.45) is 9.40. The summed E-state index contributed by atoms with van der Waals surface area (Å²) in [5, 5.41) is 0. The molecule has 0 bridgehead atoms. The fourth-order valence-corrected chi connectivity index (χ4v) is 2.34. The quantitative estimate of drug-likeness (QED) is 0.460. The van der Waals surface area contributed by atoms with Crippen molar-refractivity contribution in [2.75, 3.05) is 13.2 Å². The topological polar surface area (TPSA) is 48.7 Å². The van der Waals surface area contributed by atoms with Gasteiger partial charge in [-0.3, -0.25) is 4.79 Å². The van der Waals surface area contributed by atoms with E-state index in [0.717, 1.165) is 12.8 Å². The van der Waals surface area contributed by atoms with E-state index in [0.29, 0.717) is 37.9 Å². The first-order valence-corrected chi connectivity index (χ1v) is 9.04. The lowest BCUT2D eigenvalue weighted by atomic mass is 10.2. The minimum absolute atomic E-state index is 0.0505. The maximum Gasteiger partial charge on any atom is 0.185 e. The molecule has 1 aromatic heterocycles. The van der Waals surface area contributed by atoms with E-state index in [-0.39, 0.29) is 5.43 Å². The van der Waals surface area contributed by atoms with Gasteiger partial charge in [-0.2, -0.15) is 0 Å². The number of unbranched alkanes of at least 4 members (excludes halogenated alkanes) is 6. The molecule has 0 saturated carbocycles. The molecule has 0 aromatic carbocycles. The van der Waals surface area contributed by atoms with Gasteiger partial charge >= 0.3 is 0 Å². The Balaban J connectivity index is 2.27. The van der Waals surface area contributed by atoms with Crippen LogP contribution in [0.25, 0.3) is 0 Å². The Bertz CT molecular complexity index is 416. The van der Waals surface area contributed by atoms with Gasteiger partial charge in [-0.05, 0) is 12.8 Å². The summed E-state index contributed by atoms with van der Waals surface area (Å²) in [5.74, 6) is 1.16. The Labute approximate surface area is 140 Å². The maximum atomic E-state index is 11.7. The zero-order valence-electron chi connectivity index (χ0n) is 14.8. The van der Waals surface area contributed by atoms with Gasteiger partial charge in [-0.15, -0.1) is 0 Å². The molecule has 1 heterocycles. The Hall–Kier alpha value is -1.13. The summed E-state index contributed by atoms with van der Waals surface area (Å²) in [6, 6.07) is 2.99. The van der Waals surface area contributed by atoms with Gasteiger partial charge in [0.1, 0.15) is 24.7 Å². The van der Waals surface area contributed by atoms with Crippen LogP contribution >= 0.6 is 0 Å². The molecule has 1 aromatic rings. The Kier molecular flexibility index (Phi) is 11.5. The average molecular weight is 324 g/mol. The highest BCUT2D eigenvalue weighted by Gasteiger charge is 2.03. The van der Waals surface area contributed by atoms with Crippen molar-refractivity contribution in [2.24, 2.45) is 0 Å². The number of ether oxygens (including phenoxy) is 2. The predicted octanol–water partition coefficient (Wildman–Crippen LogP) is 4.83. The molecular weight excluding hydrogens is 292 g/mol. The second kappa shape index (κ2) is 13.3. The van der Waals surface area contributed by atoms with Gasteiger partial charge in [0.2, 0.25) is 0 Å². The van der Waals surface area contributed by atoms with Crippen LogP contribution in [0.1, 0.15) is 76.7 Å². The van der Waals surface area contributed by atoms with Crippen LogP contribution in [0.3, 0.4) is 0 Å². The van der Waals surface area contributed by atoms with E-state index in [4.69, 9.17) is 13.9 Å². The summed E-state index contributed by atoms with van der Waals surface area (Å²) >= 11 is 0. The van der Waals surface area contributed by atoms with Gasteiger partial charge in [0, 0.05) is 25.3 Å². The molecule has 0 fully saturated rings. The van der Waals surface area contributed by atoms with Crippen molar-refractivity contribution in [3.05, 3.63) is 33.9 Å². The Morgan fingerprint density at radius 3 is 1.70 bits per heavy atom. The molecule has 0 unspecified atom stereocenters. The summed E-state index contributed by atoms with van der Waals surface area (Å²) in [5.41, 5.74) is -0.0505. The average Bonchev–Trinajstić information content (AvgIpc) is 2.53. The molecule has 0 spiro atoms. The largest absolute Gasteiger partial charge is 0.461 e. The van der Waals surface area contributed by atoms with E-state index in [2.05, 4.69) is 13.8 Å². The molecule has 0 aliphatic heterocycles. The van der Waals surface area contributed by atoms with Gasteiger partial charge < -0.3 is 13.9 Å². The monoisotopic (exact) mass is 324 g/mol. The number of rotatable bonds is 14. The molecule has 0 amide bonds. The molecule has 0 radical (unpaired) electrons. The van der Waals surface area contributed by atoms with Gasteiger partial charge in [-0.1, -0.05) is 52.4 Å². The highest BCUT2D eigenvalue weighted by molar-refractivity contribution is 5.05. The number of hydrogen-bond donors (Lipinski definition) is 0. The van der Waals surface area contributed by atoms with Crippen molar-refractivity contribution in [3.8, 4) is 0 Å². The lowest BCUT2D eigenvalue weighted by molar-refractivity contribution is 0.0830. The molecular formula is C19H32O4. The van der Waals surface area contributed by atoms with E-state index in [1.54, 1.807) is 0 Å². The molecule has 0 N–H and O–H groups in total. The van der Waals surface area contributed by atoms with E-state index in [1.165, 1.54) is 50.7 Å². The molecule has 1 rings (SSSR count). The third-order valence-electron chi connectivity index (χ3n) is 3.64. The van der Waals surface area contributed by atoms with Gasteiger partial charge in [0.05, 0.1) is 0 Å². The first-order chi connectivity index (χ1) is 11.3. The first-order valence-electron chi connectivity index (χ1n) is 9.04. The summed E-state index contributed by atoms with van der Waals surface area (Å²) in [7, 11) is 0. The standard InChI is InChI=1S/C19H32O4/c1-3-5-7-9-11-21-15-18-13-17(20)14-19(23-18)16-22-12-10-8-6-4-2/h13-14H,3-12,15-16H2,1-2H3. The van der Waals surface area contributed by atoms with Crippen LogP contribution in [0.2, 0.25) is 0 Å². The van der Waals surface area contributed by atoms with Gasteiger partial charge in [0.15, 0.2) is 5.43 Å². The van der Waals surface area contributed by atoms with Crippen molar-refractivity contribution in [1.82, 2.24) is 0 Å². The normalized spacial score (nSPS) is 11.0. The third kappa shape index (κ3) is 10.3. The van der Waals surface area contributed by atoms with E-state index < -0.39 is 0 Å². The maximum absolute atomic E-state index is 11.7. The predicted molar refractivity (Wildman–Crippen MR) is 92.6 cm³/mol. The van der Waals surface area contributed by atoms with Crippen LogP contribution in [-0.2, 0) is 22.7 Å². The molecule has 0 saturated heterocycles. The zero-order chi connectivity index (χ0) is 16.8. The van der Waals surface area contributed by atoms with Gasteiger partial charge in [-0.25, -0.2) is 0 Å². The van der Waals surface area contributed by atoms with Crippen LogP contribution in [-0.4, -0.2) is 13.2 Å². The summed E-state index contributed by atoms with van der Waals surface area (Å²) < 4.78 is 16.8. The molecule has 4 nitrogen and oxygen atoms in total. The lowest BCUT2D eigenvalue weighted by Gasteiger charge is -2.07. The lowest BCUT2D eigenvalue weighted by Crippen LogP contribution is -2.06. The van der Waals surface area contributed by atoms with Crippen LogP contribution in [0.4, 0.5) is 0 Å². The smallest absolute Gasteiger partial charge is 0.185 e. The molecule has 23 heavy (non-hydrogen) atoms. The minimum atomic E-state index is -0.0505. The zero-order valence-corrected chi connectivity index (χ0v) is 14.8. The highest BCUT2D eigenvalue weighted by atomic mass is 16.5. The fraction of sp³-hybridized carbons (Fsp3) is 0.737. The Morgan fingerprint density at radius 2 is 1.26 bits per heavy atom. The molecule has 0 aliphatic carbocycles. The minimum Gasteiger partial charge on any atom is -0.461 e. The second-order valence-electron chi connectivity index (χ2n) is 5.95. The van der Waals surface area contributed by atoms with E-state index in [1.807, 2.05) is 0 Å². The number of hydrogen-bond acceptors (Lipinski definition) is 4. The molecule has 4 heteroatoms. The van der Waals surface area contributed by atoms with E-state index >= 15 is 0 Å².